The van der Waals surface area contributed by atoms with Crippen LogP contribution in [0.15, 0.2) is 0 Å². The molecule has 10 nitrogen and oxygen atoms in total. The van der Waals surface area contributed by atoms with Crippen LogP contribution in [-0.2, 0) is 28.7 Å². The van der Waals surface area contributed by atoms with Crippen LogP contribution in [0.4, 0.5) is 0 Å². The van der Waals surface area contributed by atoms with Gasteiger partial charge in [-0.25, -0.2) is 0 Å². The van der Waals surface area contributed by atoms with Crippen LogP contribution in [-0.4, -0.2) is 79.4 Å². The van der Waals surface area contributed by atoms with E-state index in [4.69, 9.17) is 14.6 Å². The fourth-order valence-corrected chi connectivity index (χ4v) is 3.93. The molecular formula is C28H52N2O8. The number of carbonyl (C=O) groups is 4. The zero-order valence-electron chi connectivity index (χ0n) is 23.5. The molecule has 0 fully saturated rings. The van der Waals surface area contributed by atoms with Crippen molar-refractivity contribution in [3.8, 4) is 0 Å². The second kappa shape index (κ2) is 26.6. The largest absolute Gasteiger partial charge is 0.481 e. The van der Waals surface area contributed by atoms with E-state index in [9.17, 15) is 24.3 Å². The number of Topliss-reactive ketones (excluding diaryl/α,β-unsaturated/α-hetero) is 1. The summed E-state index contributed by atoms with van der Waals surface area (Å²) in [5, 5.41) is 23.7. The number of ketones is 1. The van der Waals surface area contributed by atoms with Crippen LogP contribution in [0.5, 0.6) is 0 Å². The van der Waals surface area contributed by atoms with Gasteiger partial charge in [-0.1, -0.05) is 64.2 Å². The van der Waals surface area contributed by atoms with Crippen molar-refractivity contribution in [2.24, 2.45) is 0 Å². The third kappa shape index (κ3) is 27.0. The van der Waals surface area contributed by atoms with Gasteiger partial charge in [-0.05, 0) is 26.2 Å². The van der Waals surface area contributed by atoms with Crippen LogP contribution in [0.3, 0.4) is 0 Å². The number of nitrogens with one attached hydrogen (secondary N) is 2. The number of carboxylic acid groups (broad SMARTS) is 1. The number of aliphatic carboxylic acids is 1. The van der Waals surface area contributed by atoms with Gasteiger partial charge in [0.2, 0.25) is 11.8 Å². The smallest absolute Gasteiger partial charge is 0.303 e. The molecule has 1 atom stereocenters. The van der Waals surface area contributed by atoms with Crippen molar-refractivity contribution in [3.05, 3.63) is 0 Å². The summed E-state index contributed by atoms with van der Waals surface area (Å²) in [6.07, 6.45) is 14.4. The predicted octanol–water partition coefficient (Wildman–Crippen LogP) is 3.53. The lowest BCUT2D eigenvalue weighted by atomic mass is 10.0. The van der Waals surface area contributed by atoms with Crippen molar-refractivity contribution in [1.82, 2.24) is 10.6 Å². The summed E-state index contributed by atoms with van der Waals surface area (Å²) in [4.78, 5) is 45.3. The van der Waals surface area contributed by atoms with Crippen LogP contribution in [0, 0.1) is 0 Å². The second-order valence-electron chi connectivity index (χ2n) is 9.84. The summed E-state index contributed by atoms with van der Waals surface area (Å²) in [5.74, 6) is -0.996. The molecule has 0 aliphatic carbocycles. The number of aliphatic hydroxyl groups excluding tert-OH is 1. The van der Waals surface area contributed by atoms with Gasteiger partial charge in [0.05, 0.1) is 32.5 Å². The Balaban J connectivity index is 3.56. The molecule has 4 N–H and O–H groups in total. The molecule has 0 aromatic rings. The number of carboxylic acids is 1. The average Bonchev–Trinajstić information content (AvgIpc) is 2.87. The standard InChI is InChI=1S/C28H52N2O8/c1-24(32)23-38-21-20-37-19-18-29-26(33)17-16-25(22-31)30-27(34)14-12-10-8-6-4-2-3-5-7-9-11-13-15-28(35)36/h25,31H,2-23H2,1H3,(H,29,33)(H,30,34)(H,35,36). The zero-order chi connectivity index (χ0) is 28.3. The zero-order valence-corrected chi connectivity index (χ0v) is 23.5. The van der Waals surface area contributed by atoms with Crippen LogP contribution in [0.25, 0.3) is 0 Å². The molecule has 0 bridgehead atoms. The summed E-state index contributed by atoms with van der Waals surface area (Å²) < 4.78 is 10.4. The Morgan fingerprint density at radius 2 is 1.21 bits per heavy atom. The minimum Gasteiger partial charge on any atom is -0.481 e. The molecule has 0 radical (unpaired) electrons. The third-order valence-electron chi connectivity index (χ3n) is 6.10. The van der Waals surface area contributed by atoms with E-state index in [0.717, 1.165) is 38.5 Å². The third-order valence-corrected chi connectivity index (χ3v) is 6.10. The molecule has 0 rings (SSSR count). The lowest BCUT2D eigenvalue weighted by molar-refractivity contribution is -0.137. The maximum Gasteiger partial charge on any atom is 0.303 e. The molecule has 1 unspecified atom stereocenters. The first-order valence-electron chi connectivity index (χ1n) is 14.4. The number of hydrogen-bond donors (Lipinski definition) is 4. The molecular weight excluding hydrogens is 492 g/mol. The molecule has 0 saturated carbocycles. The molecule has 0 aliphatic heterocycles. The molecule has 0 heterocycles. The number of amides is 2. The Morgan fingerprint density at radius 3 is 1.74 bits per heavy atom. The van der Waals surface area contributed by atoms with Gasteiger partial charge < -0.3 is 30.3 Å². The van der Waals surface area contributed by atoms with Crippen LogP contribution >= 0.6 is 0 Å². The van der Waals surface area contributed by atoms with Gasteiger partial charge in [-0.2, -0.15) is 0 Å². The van der Waals surface area contributed by atoms with Crippen molar-refractivity contribution in [1.29, 1.82) is 0 Å². The Hall–Kier alpha value is -2.04. The SMILES string of the molecule is CC(=O)COCCOCCNC(=O)CCC(CO)NC(=O)CCCCCCCCCCCCCCC(=O)O. The Morgan fingerprint density at radius 1 is 0.684 bits per heavy atom. The van der Waals surface area contributed by atoms with Gasteiger partial charge >= 0.3 is 5.97 Å². The summed E-state index contributed by atoms with van der Waals surface area (Å²) in [6, 6.07) is -0.430. The first-order chi connectivity index (χ1) is 18.3. The predicted molar refractivity (Wildman–Crippen MR) is 146 cm³/mol. The highest BCUT2D eigenvalue weighted by atomic mass is 16.5. The van der Waals surface area contributed by atoms with Gasteiger partial charge in [0.25, 0.3) is 0 Å². The van der Waals surface area contributed by atoms with Gasteiger partial charge in [0.1, 0.15) is 6.61 Å². The second-order valence-corrected chi connectivity index (χ2v) is 9.84. The summed E-state index contributed by atoms with van der Waals surface area (Å²) >= 11 is 0. The number of ether oxygens (including phenoxy) is 2. The van der Waals surface area contributed by atoms with E-state index in [0.29, 0.717) is 39.2 Å². The molecule has 0 saturated heterocycles. The highest BCUT2D eigenvalue weighted by Crippen LogP contribution is 2.13. The van der Waals surface area contributed by atoms with E-state index in [-0.39, 0.29) is 43.7 Å². The molecule has 0 spiro atoms. The highest BCUT2D eigenvalue weighted by molar-refractivity contribution is 5.77. The molecule has 0 aromatic heterocycles. The fraction of sp³-hybridized carbons (Fsp3) is 0.857. The summed E-state index contributed by atoms with van der Waals surface area (Å²) in [7, 11) is 0. The van der Waals surface area contributed by atoms with Crippen molar-refractivity contribution in [2.75, 3.05) is 39.6 Å². The lowest BCUT2D eigenvalue weighted by Crippen LogP contribution is -2.38. The van der Waals surface area contributed by atoms with Crippen molar-refractivity contribution in [2.45, 2.75) is 116 Å². The van der Waals surface area contributed by atoms with Gasteiger partial charge in [0.15, 0.2) is 5.78 Å². The Kier molecular flexibility index (Phi) is 25.1. The normalized spacial score (nSPS) is 11.7. The molecule has 0 aliphatic rings. The first-order valence-corrected chi connectivity index (χ1v) is 14.4. The van der Waals surface area contributed by atoms with Crippen LogP contribution < -0.4 is 10.6 Å². The summed E-state index contributed by atoms with van der Waals surface area (Å²) in [6.45, 7) is 2.70. The van der Waals surface area contributed by atoms with Crippen molar-refractivity contribution in [3.63, 3.8) is 0 Å². The van der Waals surface area contributed by atoms with Crippen LogP contribution in [0.1, 0.15) is 110 Å². The topological polar surface area (TPSA) is 151 Å². The molecule has 10 heteroatoms. The Labute approximate surface area is 228 Å². The van der Waals surface area contributed by atoms with Crippen LogP contribution in [0.2, 0.25) is 0 Å². The number of carbonyl (C=O) groups excluding carboxylic acids is 3. The van der Waals surface area contributed by atoms with Crippen molar-refractivity contribution < 1.29 is 38.9 Å². The molecule has 38 heavy (non-hydrogen) atoms. The van der Waals surface area contributed by atoms with E-state index in [2.05, 4.69) is 10.6 Å². The molecule has 2 amide bonds. The first kappa shape index (κ1) is 36.0. The van der Waals surface area contributed by atoms with Gasteiger partial charge in [0, 0.05) is 25.8 Å². The number of rotatable bonds is 28. The van der Waals surface area contributed by atoms with Gasteiger partial charge in [-0.3, -0.25) is 19.2 Å². The molecule has 222 valence electrons. The van der Waals surface area contributed by atoms with E-state index >= 15 is 0 Å². The minimum atomic E-state index is -0.706. The maximum absolute atomic E-state index is 12.2. The molecule has 0 aromatic carbocycles. The maximum atomic E-state index is 12.2. The van der Waals surface area contributed by atoms with Crippen molar-refractivity contribution >= 4 is 23.6 Å². The number of aliphatic hydroxyl groups is 1. The average molecular weight is 545 g/mol. The van der Waals surface area contributed by atoms with E-state index in [1.54, 1.807) is 0 Å². The summed E-state index contributed by atoms with van der Waals surface area (Å²) in [5.41, 5.74) is 0. The quantitative estimate of drug-likeness (QED) is 0.109. The minimum absolute atomic E-state index is 0.0382. The van der Waals surface area contributed by atoms with E-state index in [1.807, 2.05) is 0 Å². The highest BCUT2D eigenvalue weighted by Gasteiger charge is 2.13. The van der Waals surface area contributed by atoms with E-state index < -0.39 is 12.0 Å². The monoisotopic (exact) mass is 544 g/mol. The fourth-order valence-electron chi connectivity index (χ4n) is 3.93. The Bertz CT molecular complexity index is 630. The number of unbranched alkanes of at least 4 members (excludes halogenated alkanes) is 11. The lowest BCUT2D eigenvalue weighted by Gasteiger charge is -2.16. The van der Waals surface area contributed by atoms with E-state index in [1.165, 1.54) is 45.4 Å². The van der Waals surface area contributed by atoms with Gasteiger partial charge in [-0.15, -0.1) is 0 Å². The number of hydrogen-bond acceptors (Lipinski definition) is 7.